The minimum Gasteiger partial charge on any atom is -0.489 e. The molecule has 1 amide bonds. The molecule has 1 aliphatic heterocycles. The average Bonchev–Trinajstić information content (AvgIpc) is 3.35. The second-order valence-corrected chi connectivity index (χ2v) is 9.33. The largest absolute Gasteiger partial charge is 0.489 e. The maximum Gasteiger partial charge on any atom is 0.255 e. The fraction of sp³-hybridized carbons (Fsp3) is 0.208. The van der Waals surface area contributed by atoms with Crippen LogP contribution in [-0.4, -0.2) is 31.7 Å². The normalized spacial score (nSPS) is 14.3. The zero-order chi connectivity index (χ0) is 21.7. The van der Waals surface area contributed by atoms with Gasteiger partial charge >= 0.3 is 0 Å². The van der Waals surface area contributed by atoms with Crippen LogP contribution in [0, 0.1) is 0 Å². The van der Waals surface area contributed by atoms with Crippen LogP contribution in [0.4, 0.5) is 5.69 Å². The third-order valence-electron chi connectivity index (χ3n) is 5.14. The predicted octanol–water partition coefficient (Wildman–Crippen LogP) is 4.30. The molecule has 4 rings (SSSR count). The monoisotopic (exact) mass is 436 g/mol. The number of benzene rings is 3. The minimum absolute atomic E-state index is 0.187. The molecule has 3 aromatic carbocycles. The molecule has 6 nitrogen and oxygen atoms in total. The fourth-order valence-electron chi connectivity index (χ4n) is 3.48. The van der Waals surface area contributed by atoms with Gasteiger partial charge in [0.05, 0.1) is 4.90 Å². The smallest absolute Gasteiger partial charge is 0.255 e. The van der Waals surface area contributed by atoms with Crippen molar-refractivity contribution in [2.75, 3.05) is 18.4 Å². The lowest BCUT2D eigenvalue weighted by Crippen LogP contribution is -2.27. The first-order valence-electron chi connectivity index (χ1n) is 10.2. The van der Waals surface area contributed by atoms with Crippen LogP contribution in [0.2, 0.25) is 0 Å². The first-order chi connectivity index (χ1) is 15.0. The Balaban J connectivity index is 1.45. The first kappa shape index (κ1) is 21.1. The van der Waals surface area contributed by atoms with Gasteiger partial charge in [-0.3, -0.25) is 4.79 Å². The van der Waals surface area contributed by atoms with E-state index in [-0.39, 0.29) is 10.8 Å². The molecular weight excluding hydrogens is 412 g/mol. The van der Waals surface area contributed by atoms with Crippen molar-refractivity contribution in [3.05, 3.63) is 90.0 Å². The average molecular weight is 437 g/mol. The van der Waals surface area contributed by atoms with E-state index in [2.05, 4.69) is 5.32 Å². The van der Waals surface area contributed by atoms with Crippen LogP contribution in [-0.2, 0) is 16.6 Å². The van der Waals surface area contributed by atoms with Crippen molar-refractivity contribution < 1.29 is 17.9 Å². The quantitative estimate of drug-likeness (QED) is 0.599. The zero-order valence-electron chi connectivity index (χ0n) is 17.0. The van der Waals surface area contributed by atoms with E-state index in [9.17, 15) is 13.2 Å². The predicted molar refractivity (Wildman–Crippen MR) is 120 cm³/mol. The summed E-state index contributed by atoms with van der Waals surface area (Å²) >= 11 is 0. The van der Waals surface area contributed by atoms with Crippen molar-refractivity contribution >= 4 is 21.6 Å². The van der Waals surface area contributed by atoms with Crippen LogP contribution in [0.3, 0.4) is 0 Å². The maximum atomic E-state index is 12.8. The number of amides is 1. The van der Waals surface area contributed by atoms with Gasteiger partial charge in [-0.15, -0.1) is 0 Å². The van der Waals surface area contributed by atoms with Gasteiger partial charge in [0.15, 0.2) is 0 Å². The van der Waals surface area contributed by atoms with Crippen molar-refractivity contribution in [1.82, 2.24) is 4.31 Å². The Bertz CT molecular complexity index is 1160. The number of nitrogens with zero attached hydrogens (tertiary/aromatic N) is 1. The molecule has 1 heterocycles. The summed E-state index contributed by atoms with van der Waals surface area (Å²) in [5.74, 6) is 0.253. The van der Waals surface area contributed by atoms with Crippen molar-refractivity contribution in [3.8, 4) is 5.75 Å². The number of nitrogens with one attached hydrogen (secondary N) is 1. The second-order valence-electron chi connectivity index (χ2n) is 7.40. The van der Waals surface area contributed by atoms with E-state index in [0.717, 1.165) is 18.4 Å². The standard InChI is InChI=1S/C24H24N2O4S/c27-24(20-10-6-12-22(16-20)30-18-19-8-2-1-3-9-19)25-21-11-7-13-23(17-21)31(28,29)26-14-4-5-15-26/h1-3,6-13,16-17H,4-5,14-15,18H2,(H,25,27). The van der Waals surface area contributed by atoms with Crippen LogP contribution in [0.25, 0.3) is 0 Å². The number of hydrogen-bond acceptors (Lipinski definition) is 4. The number of carbonyl (C=O) groups is 1. The van der Waals surface area contributed by atoms with E-state index in [1.165, 1.54) is 10.4 Å². The lowest BCUT2D eigenvalue weighted by atomic mass is 10.2. The summed E-state index contributed by atoms with van der Waals surface area (Å²) in [6.07, 6.45) is 1.75. The van der Waals surface area contributed by atoms with Crippen molar-refractivity contribution in [2.24, 2.45) is 0 Å². The summed E-state index contributed by atoms with van der Waals surface area (Å²) in [5.41, 5.74) is 1.90. The van der Waals surface area contributed by atoms with E-state index in [4.69, 9.17) is 4.74 Å². The minimum atomic E-state index is -3.54. The van der Waals surface area contributed by atoms with Gasteiger partial charge in [0.1, 0.15) is 12.4 Å². The summed E-state index contributed by atoms with van der Waals surface area (Å²) in [6, 6.07) is 23.1. The van der Waals surface area contributed by atoms with E-state index < -0.39 is 10.0 Å². The molecule has 1 fully saturated rings. The molecular formula is C24H24N2O4S. The number of carbonyl (C=O) groups excluding carboxylic acids is 1. The van der Waals surface area contributed by atoms with Crippen LogP contribution >= 0.6 is 0 Å². The molecule has 1 N–H and O–H groups in total. The third kappa shape index (κ3) is 5.13. The second kappa shape index (κ2) is 9.32. The number of hydrogen-bond donors (Lipinski definition) is 1. The van der Waals surface area contributed by atoms with Gasteiger partial charge in [-0.25, -0.2) is 8.42 Å². The van der Waals surface area contributed by atoms with Gasteiger partial charge in [-0.1, -0.05) is 42.5 Å². The Labute approximate surface area is 182 Å². The molecule has 0 spiro atoms. The Morgan fingerprint density at radius 2 is 1.65 bits per heavy atom. The van der Waals surface area contributed by atoms with E-state index in [1.54, 1.807) is 42.5 Å². The fourth-order valence-corrected chi connectivity index (χ4v) is 5.05. The number of anilines is 1. The van der Waals surface area contributed by atoms with Gasteiger partial charge in [0.2, 0.25) is 10.0 Å². The Morgan fingerprint density at radius 1 is 0.903 bits per heavy atom. The molecule has 0 radical (unpaired) electrons. The van der Waals surface area contributed by atoms with E-state index in [1.807, 2.05) is 30.3 Å². The van der Waals surface area contributed by atoms with Crippen LogP contribution in [0.15, 0.2) is 83.8 Å². The molecule has 1 aliphatic rings. The maximum absolute atomic E-state index is 12.8. The molecule has 0 unspecified atom stereocenters. The van der Waals surface area contributed by atoms with Crippen LogP contribution in [0.5, 0.6) is 5.75 Å². The first-order valence-corrected chi connectivity index (χ1v) is 11.6. The molecule has 31 heavy (non-hydrogen) atoms. The molecule has 1 saturated heterocycles. The highest BCUT2D eigenvalue weighted by molar-refractivity contribution is 7.89. The number of ether oxygens (including phenoxy) is 1. The molecule has 7 heteroatoms. The van der Waals surface area contributed by atoms with Gasteiger partial charge in [-0.05, 0) is 54.8 Å². The summed E-state index contributed by atoms with van der Waals surface area (Å²) in [4.78, 5) is 12.9. The SMILES string of the molecule is O=C(Nc1cccc(S(=O)(=O)N2CCCC2)c1)c1cccc(OCc2ccccc2)c1. The van der Waals surface area contributed by atoms with Crippen molar-refractivity contribution in [3.63, 3.8) is 0 Å². The van der Waals surface area contributed by atoms with E-state index >= 15 is 0 Å². The summed E-state index contributed by atoms with van der Waals surface area (Å²) in [5, 5.41) is 2.78. The number of rotatable bonds is 7. The van der Waals surface area contributed by atoms with Gasteiger partial charge in [0.25, 0.3) is 5.91 Å². The van der Waals surface area contributed by atoms with Gasteiger partial charge in [0, 0.05) is 24.3 Å². The number of sulfonamides is 1. The van der Waals surface area contributed by atoms with Crippen molar-refractivity contribution in [1.29, 1.82) is 0 Å². The Kier molecular flexibility index (Phi) is 6.34. The molecule has 3 aromatic rings. The Hall–Kier alpha value is -3.16. The summed E-state index contributed by atoms with van der Waals surface area (Å²) < 4.78 is 32.8. The molecule has 0 aromatic heterocycles. The summed E-state index contributed by atoms with van der Waals surface area (Å²) in [6.45, 7) is 1.48. The van der Waals surface area contributed by atoms with Crippen LogP contribution in [0.1, 0.15) is 28.8 Å². The molecule has 0 atom stereocenters. The molecule has 160 valence electrons. The lowest BCUT2D eigenvalue weighted by molar-refractivity contribution is 0.102. The molecule has 0 bridgehead atoms. The molecule has 0 aliphatic carbocycles. The zero-order valence-corrected chi connectivity index (χ0v) is 17.8. The highest BCUT2D eigenvalue weighted by Gasteiger charge is 2.27. The van der Waals surface area contributed by atoms with Crippen LogP contribution < -0.4 is 10.1 Å². The topological polar surface area (TPSA) is 75.7 Å². The Morgan fingerprint density at radius 3 is 2.42 bits per heavy atom. The highest BCUT2D eigenvalue weighted by atomic mass is 32.2. The van der Waals surface area contributed by atoms with E-state index in [0.29, 0.717) is 36.7 Å². The van der Waals surface area contributed by atoms with Gasteiger partial charge < -0.3 is 10.1 Å². The summed E-state index contributed by atoms with van der Waals surface area (Å²) in [7, 11) is -3.54. The highest BCUT2D eigenvalue weighted by Crippen LogP contribution is 2.24. The molecule has 0 saturated carbocycles. The third-order valence-corrected chi connectivity index (χ3v) is 7.03. The lowest BCUT2D eigenvalue weighted by Gasteiger charge is -2.16. The van der Waals surface area contributed by atoms with Crippen molar-refractivity contribution in [2.45, 2.75) is 24.3 Å². The van der Waals surface area contributed by atoms with Gasteiger partial charge in [-0.2, -0.15) is 4.31 Å².